The van der Waals surface area contributed by atoms with Crippen LogP contribution in [0.3, 0.4) is 0 Å². The number of amides is 2. The zero-order chi connectivity index (χ0) is 17.7. The second kappa shape index (κ2) is 8.16. The molecule has 1 aromatic rings. The Morgan fingerprint density at radius 2 is 1.96 bits per heavy atom. The molecule has 1 aromatic carbocycles. The summed E-state index contributed by atoms with van der Waals surface area (Å²) in [7, 11) is 1.60. The van der Waals surface area contributed by atoms with Crippen LogP contribution in [0.5, 0.6) is 0 Å². The van der Waals surface area contributed by atoms with E-state index < -0.39 is 5.41 Å². The van der Waals surface area contributed by atoms with Crippen molar-refractivity contribution in [3.05, 3.63) is 28.2 Å². The number of benzene rings is 1. The van der Waals surface area contributed by atoms with E-state index in [9.17, 15) is 9.59 Å². The number of nitrogens with zero attached hydrogens (tertiary/aromatic N) is 1. The summed E-state index contributed by atoms with van der Waals surface area (Å²) in [5, 5.41) is 3.46. The number of anilines is 1. The molecule has 0 aromatic heterocycles. The van der Waals surface area contributed by atoms with E-state index in [1.54, 1.807) is 25.2 Å². The van der Waals surface area contributed by atoms with Crippen LogP contribution in [0.15, 0.2) is 18.2 Å². The predicted molar refractivity (Wildman–Crippen MR) is 94.3 cm³/mol. The lowest BCUT2D eigenvalue weighted by molar-refractivity contribution is -0.147. The Morgan fingerprint density at radius 3 is 2.54 bits per heavy atom. The molecule has 0 radical (unpaired) electrons. The Kier molecular flexibility index (Phi) is 6.46. The first kappa shape index (κ1) is 19.0. The van der Waals surface area contributed by atoms with Crippen LogP contribution in [0, 0.1) is 5.41 Å². The Balaban J connectivity index is 1.97. The molecule has 2 rings (SSSR count). The molecule has 1 saturated heterocycles. The number of likely N-dealkylation sites (N-methyl/N-ethyl adjacent to an activating group) is 1. The zero-order valence-corrected chi connectivity index (χ0v) is 15.0. The summed E-state index contributed by atoms with van der Waals surface area (Å²) in [6, 6.07) is 4.80. The van der Waals surface area contributed by atoms with Gasteiger partial charge in [0.25, 0.3) is 0 Å². The summed E-state index contributed by atoms with van der Waals surface area (Å²) in [5.41, 5.74) is 5.71. The van der Waals surface area contributed by atoms with Gasteiger partial charge in [0.15, 0.2) is 0 Å². The van der Waals surface area contributed by atoms with Gasteiger partial charge in [0, 0.05) is 32.5 Å². The minimum atomic E-state index is -0.642. The van der Waals surface area contributed by atoms with Crippen LogP contribution in [-0.4, -0.2) is 50.1 Å². The minimum absolute atomic E-state index is 0.0678. The van der Waals surface area contributed by atoms with Gasteiger partial charge in [0.05, 0.1) is 22.0 Å². The van der Waals surface area contributed by atoms with E-state index in [-0.39, 0.29) is 24.9 Å². The number of hydrogen-bond acceptors (Lipinski definition) is 4. The molecule has 2 amide bonds. The van der Waals surface area contributed by atoms with Crippen molar-refractivity contribution >= 4 is 40.7 Å². The van der Waals surface area contributed by atoms with Crippen molar-refractivity contribution in [2.24, 2.45) is 11.1 Å². The first-order valence-corrected chi connectivity index (χ1v) is 8.42. The summed E-state index contributed by atoms with van der Waals surface area (Å²) in [6.45, 7) is 1.19. The van der Waals surface area contributed by atoms with Gasteiger partial charge in [0.1, 0.15) is 0 Å². The molecule has 132 valence electrons. The number of carbonyl (C=O) groups excluding carboxylic acids is 2. The molecule has 6 nitrogen and oxygen atoms in total. The van der Waals surface area contributed by atoms with Gasteiger partial charge in [-0.15, -0.1) is 0 Å². The van der Waals surface area contributed by atoms with Crippen LogP contribution in [0.25, 0.3) is 0 Å². The third kappa shape index (κ3) is 4.39. The first-order valence-electron chi connectivity index (χ1n) is 7.66. The number of ether oxygens (including phenoxy) is 1. The summed E-state index contributed by atoms with van der Waals surface area (Å²) in [6.07, 6.45) is 1.14. The number of rotatable bonds is 5. The normalized spacial score (nSPS) is 16.5. The highest BCUT2D eigenvalue weighted by Gasteiger charge is 2.40. The lowest BCUT2D eigenvalue weighted by atomic mass is 9.79. The SMILES string of the molecule is CN(CC(=O)Nc1ccc(Cl)c(Cl)c1)C(=O)C1(CN)CCOCC1. The molecule has 0 bridgehead atoms. The molecule has 0 spiro atoms. The molecule has 0 atom stereocenters. The van der Waals surface area contributed by atoms with Gasteiger partial charge < -0.3 is 20.7 Å². The molecular formula is C16H21Cl2N3O3. The maximum Gasteiger partial charge on any atom is 0.243 e. The molecule has 0 aliphatic carbocycles. The minimum Gasteiger partial charge on any atom is -0.381 e. The average molecular weight is 374 g/mol. The van der Waals surface area contributed by atoms with Crippen molar-refractivity contribution in [1.29, 1.82) is 0 Å². The lowest BCUT2D eigenvalue weighted by Gasteiger charge is -2.37. The molecule has 1 heterocycles. The van der Waals surface area contributed by atoms with Crippen LogP contribution in [0.2, 0.25) is 10.0 Å². The van der Waals surface area contributed by atoms with Crippen LogP contribution in [-0.2, 0) is 14.3 Å². The molecular weight excluding hydrogens is 353 g/mol. The van der Waals surface area contributed by atoms with Gasteiger partial charge in [-0.25, -0.2) is 0 Å². The van der Waals surface area contributed by atoms with E-state index >= 15 is 0 Å². The van der Waals surface area contributed by atoms with Gasteiger partial charge >= 0.3 is 0 Å². The zero-order valence-electron chi connectivity index (χ0n) is 13.5. The third-order valence-corrected chi connectivity index (χ3v) is 4.96. The molecule has 1 fully saturated rings. The molecule has 1 aliphatic heterocycles. The van der Waals surface area contributed by atoms with Crippen molar-refractivity contribution in [2.45, 2.75) is 12.8 Å². The number of halogens is 2. The van der Waals surface area contributed by atoms with E-state index in [0.717, 1.165) is 0 Å². The highest BCUT2D eigenvalue weighted by atomic mass is 35.5. The van der Waals surface area contributed by atoms with Gasteiger partial charge in [-0.05, 0) is 31.0 Å². The molecule has 24 heavy (non-hydrogen) atoms. The summed E-state index contributed by atoms with van der Waals surface area (Å²) >= 11 is 11.8. The smallest absolute Gasteiger partial charge is 0.243 e. The second-order valence-electron chi connectivity index (χ2n) is 5.94. The maximum atomic E-state index is 12.7. The van der Waals surface area contributed by atoms with E-state index in [2.05, 4.69) is 5.32 Å². The van der Waals surface area contributed by atoms with Crippen molar-refractivity contribution in [3.8, 4) is 0 Å². The maximum absolute atomic E-state index is 12.7. The highest BCUT2D eigenvalue weighted by molar-refractivity contribution is 6.42. The Hall–Kier alpha value is -1.34. The van der Waals surface area contributed by atoms with E-state index in [1.165, 1.54) is 4.90 Å². The van der Waals surface area contributed by atoms with Gasteiger partial charge in [-0.3, -0.25) is 9.59 Å². The third-order valence-electron chi connectivity index (χ3n) is 4.23. The molecule has 0 unspecified atom stereocenters. The van der Waals surface area contributed by atoms with E-state index in [1.807, 2.05) is 0 Å². The number of nitrogens with two attached hydrogens (primary N) is 1. The fraction of sp³-hybridized carbons (Fsp3) is 0.500. The van der Waals surface area contributed by atoms with Crippen LogP contribution in [0.4, 0.5) is 5.69 Å². The van der Waals surface area contributed by atoms with Gasteiger partial charge in [-0.2, -0.15) is 0 Å². The molecule has 3 N–H and O–H groups in total. The van der Waals surface area contributed by atoms with Crippen LogP contribution < -0.4 is 11.1 Å². The quantitative estimate of drug-likeness (QED) is 0.827. The van der Waals surface area contributed by atoms with Crippen LogP contribution >= 0.6 is 23.2 Å². The van der Waals surface area contributed by atoms with Gasteiger partial charge in [-0.1, -0.05) is 23.2 Å². The summed E-state index contributed by atoms with van der Waals surface area (Å²) in [5.74, 6) is -0.443. The van der Waals surface area contributed by atoms with E-state index in [0.29, 0.717) is 41.8 Å². The standard InChI is InChI=1S/C16H21Cl2N3O3/c1-21(15(23)16(10-19)4-6-24-7-5-16)9-14(22)20-11-2-3-12(17)13(18)8-11/h2-3,8H,4-7,9-10,19H2,1H3,(H,20,22). The monoisotopic (exact) mass is 373 g/mol. The predicted octanol–water partition coefficient (Wildman–Crippen LogP) is 2.15. The van der Waals surface area contributed by atoms with E-state index in [4.69, 9.17) is 33.7 Å². The largest absolute Gasteiger partial charge is 0.381 e. The fourth-order valence-corrected chi connectivity index (χ4v) is 3.03. The first-order chi connectivity index (χ1) is 11.4. The van der Waals surface area contributed by atoms with Crippen molar-refractivity contribution in [3.63, 3.8) is 0 Å². The Morgan fingerprint density at radius 1 is 1.29 bits per heavy atom. The Labute approximate surface area is 151 Å². The number of carbonyl (C=O) groups is 2. The summed E-state index contributed by atoms with van der Waals surface area (Å²) < 4.78 is 5.31. The lowest BCUT2D eigenvalue weighted by Crippen LogP contribution is -2.51. The average Bonchev–Trinajstić information content (AvgIpc) is 2.58. The van der Waals surface area contributed by atoms with Gasteiger partial charge in [0.2, 0.25) is 11.8 Å². The van der Waals surface area contributed by atoms with Crippen molar-refractivity contribution in [2.75, 3.05) is 38.7 Å². The summed E-state index contributed by atoms with van der Waals surface area (Å²) in [4.78, 5) is 26.3. The molecule has 1 aliphatic rings. The highest BCUT2D eigenvalue weighted by Crippen LogP contribution is 2.31. The Bertz CT molecular complexity index is 619. The number of hydrogen-bond donors (Lipinski definition) is 2. The second-order valence-corrected chi connectivity index (χ2v) is 6.75. The molecule has 8 heteroatoms. The number of nitrogens with one attached hydrogen (secondary N) is 1. The topological polar surface area (TPSA) is 84.7 Å². The fourth-order valence-electron chi connectivity index (χ4n) is 2.73. The van der Waals surface area contributed by atoms with Crippen LogP contribution in [0.1, 0.15) is 12.8 Å². The van der Waals surface area contributed by atoms with Crippen molar-refractivity contribution in [1.82, 2.24) is 4.90 Å². The van der Waals surface area contributed by atoms with Crippen molar-refractivity contribution < 1.29 is 14.3 Å². The molecule has 0 saturated carbocycles.